The van der Waals surface area contributed by atoms with E-state index in [1.54, 1.807) is 11.7 Å². The second kappa shape index (κ2) is 5.64. The fourth-order valence-corrected chi connectivity index (χ4v) is 2.21. The molecule has 2 aromatic heterocycles. The Hall–Kier alpha value is -1.51. The molecule has 0 amide bonds. The number of thiazole rings is 1. The molecule has 19 heavy (non-hydrogen) atoms. The Kier molecular flexibility index (Phi) is 4.13. The molecule has 0 saturated heterocycles. The first kappa shape index (κ1) is 13.9. The van der Waals surface area contributed by atoms with Crippen molar-refractivity contribution in [2.45, 2.75) is 18.6 Å². The van der Waals surface area contributed by atoms with E-state index in [1.807, 2.05) is 0 Å². The average Bonchev–Trinajstić information content (AvgIpc) is 2.88. The number of rotatable bonds is 4. The molecule has 0 spiro atoms. The van der Waals surface area contributed by atoms with Gasteiger partial charge in [0.2, 0.25) is 0 Å². The lowest BCUT2D eigenvalue weighted by Gasteiger charge is -2.15. The van der Waals surface area contributed by atoms with Gasteiger partial charge in [0.15, 0.2) is 0 Å². The van der Waals surface area contributed by atoms with Gasteiger partial charge in [0.25, 0.3) is 0 Å². The first-order chi connectivity index (χ1) is 9.00. The van der Waals surface area contributed by atoms with E-state index in [4.69, 9.17) is 5.84 Å². The third kappa shape index (κ3) is 3.49. The molecule has 1 atom stereocenters. The number of hydrazine groups is 1. The van der Waals surface area contributed by atoms with Crippen LogP contribution in [0.2, 0.25) is 0 Å². The summed E-state index contributed by atoms with van der Waals surface area (Å²) in [6, 6.07) is 1.98. The van der Waals surface area contributed by atoms with Gasteiger partial charge in [-0.25, -0.2) is 0 Å². The molecule has 0 aliphatic rings. The molecule has 2 rings (SSSR count). The van der Waals surface area contributed by atoms with Crippen molar-refractivity contribution in [3.8, 4) is 0 Å². The molecule has 1 unspecified atom stereocenters. The number of alkyl halides is 3. The minimum absolute atomic E-state index is 0.345. The van der Waals surface area contributed by atoms with Crippen LogP contribution in [0.5, 0.6) is 0 Å². The van der Waals surface area contributed by atoms with E-state index < -0.39 is 11.7 Å². The summed E-state index contributed by atoms with van der Waals surface area (Å²) in [4.78, 5) is 8.73. The standard InChI is InChI=1S/C11H11F3N4S/c12-11(13,14)7-1-2-9(17-4-7)10(18-15)3-8-5-16-6-19-8/h1-2,4-6,10,18H,3,15H2. The van der Waals surface area contributed by atoms with E-state index in [2.05, 4.69) is 15.4 Å². The van der Waals surface area contributed by atoms with Crippen LogP contribution >= 0.6 is 11.3 Å². The molecule has 0 aliphatic carbocycles. The van der Waals surface area contributed by atoms with Gasteiger partial charge >= 0.3 is 6.18 Å². The van der Waals surface area contributed by atoms with E-state index in [0.717, 1.165) is 17.1 Å². The summed E-state index contributed by atoms with van der Waals surface area (Å²) < 4.78 is 37.3. The Morgan fingerprint density at radius 3 is 2.58 bits per heavy atom. The second-order valence-corrected chi connectivity index (χ2v) is 4.83. The Morgan fingerprint density at radius 2 is 2.11 bits per heavy atom. The van der Waals surface area contributed by atoms with Crippen molar-refractivity contribution in [1.29, 1.82) is 0 Å². The van der Waals surface area contributed by atoms with Crippen LogP contribution in [0.25, 0.3) is 0 Å². The Balaban J connectivity index is 2.15. The van der Waals surface area contributed by atoms with E-state index in [1.165, 1.54) is 17.4 Å². The highest BCUT2D eigenvalue weighted by Gasteiger charge is 2.31. The summed E-state index contributed by atoms with van der Waals surface area (Å²) in [5.41, 5.74) is 3.92. The summed E-state index contributed by atoms with van der Waals surface area (Å²) in [6.07, 6.45) is -1.35. The summed E-state index contributed by atoms with van der Waals surface area (Å²) in [6.45, 7) is 0. The van der Waals surface area contributed by atoms with E-state index in [0.29, 0.717) is 12.1 Å². The smallest absolute Gasteiger partial charge is 0.271 e. The topological polar surface area (TPSA) is 63.8 Å². The molecule has 102 valence electrons. The minimum atomic E-state index is -4.38. The van der Waals surface area contributed by atoms with Gasteiger partial charge in [0.05, 0.1) is 22.8 Å². The predicted molar refractivity (Wildman–Crippen MR) is 65.1 cm³/mol. The highest BCUT2D eigenvalue weighted by molar-refractivity contribution is 7.09. The normalized spacial score (nSPS) is 13.5. The Labute approximate surface area is 111 Å². The van der Waals surface area contributed by atoms with Gasteiger partial charge in [-0.1, -0.05) is 0 Å². The van der Waals surface area contributed by atoms with Crippen molar-refractivity contribution < 1.29 is 13.2 Å². The van der Waals surface area contributed by atoms with Gasteiger partial charge in [-0.15, -0.1) is 11.3 Å². The number of hydrogen-bond donors (Lipinski definition) is 2. The molecule has 0 aliphatic heterocycles. The fourth-order valence-electron chi connectivity index (χ4n) is 1.57. The molecule has 0 saturated carbocycles. The molecule has 2 heterocycles. The maximum Gasteiger partial charge on any atom is 0.417 e. The SMILES string of the molecule is NNC(Cc1cncs1)c1ccc(C(F)(F)F)cn1. The molecule has 4 nitrogen and oxygen atoms in total. The maximum atomic E-state index is 12.4. The number of nitrogens with one attached hydrogen (secondary N) is 1. The third-order valence-corrected chi connectivity index (χ3v) is 3.36. The van der Waals surface area contributed by atoms with Crippen LogP contribution in [0.4, 0.5) is 13.2 Å². The Bertz CT molecular complexity index is 510. The highest BCUT2D eigenvalue weighted by atomic mass is 32.1. The van der Waals surface area contributed by atoms with E-state index in [-0.39, 0.29) is 6.04 Å². The van der Waals surface area contributed by atoms with Crippen LogP contribution in [0.1, 0.15) is 22.2 Å². The summed E-state index contributed by atoms with van der Waals surface area (Å²) in [5.74, 6) is 5.42. The number of nitrogens with two attached hydrogens (primary N) is 1. The zero-order chi connectivity index (χ0) is 13.9. The van der Waals surface area contributed by atoms with E-state index >= 15 is 0 Å². The van der Waals surface area contributed by atoms with Gasteiger partial charge in [0, 0.05) is 23.7 Å². The molecule has 3 N–H and O–H groups in total. The number of halogens is 3. The predicted octanol–water partition coefficient (Wildman–Crippen LogP) is 2.30. The van der Waals surface area contributed by atoms with Gasteiger partial charge in [-0.3, -0.25) is 21.2 Å². The molecule has 8 heteroatoms. The van der Waals surface area contributed by atoms with Crippen LogP contribution in [0, 0.1) is 0 Å². The van der Waals surface area contributed by atoms with Gasteiger partial charge in [-0.2, -0.15) is 13.2 Å². The monoisotopic (exact) mass is 288 g/mol. The molecule has 2 aromatic rings. The number of hydrogen-bond acceptors (Lipinski definition) is 5. The van der Waals surface area contributed by atoms with Gasteiger partial charge in [0.1, 0.15) is 0 Å². The van der Waals surface area contributed by atoms with Crippen molar-refractivity contribution in [2.24, 2.45) is 5.84 Å². The van der Waals surface area contributed by atoms with E-state index in [9.17, 15) is 13.2 Å². The van der Waals surface area contributed by atoms with Crippen molar-refractivity contribution in [3.63, 3.8) is 0 Å². The largest absolute Gasteiger partial charge is 0.417 e. The average molecular weight is 288 g/mol. The van der Waals surface area contributed by atoms with Gasteiger partial charge in [-0.05, 0) is 12.1 Å². The molecular formula is C11H11F3N4S. The van der Waals surface area contributed by atoms with Crippen molar-refractivity contribution in [1.82, 2.24) is 15.4 Å². The summed E-state index contributed by atoms with van der Waals surface area (Å²) in [7, 11) is 0. The summed E-state index contributed by atoms with van der Waals surface area (Å²) in [5, 5.41) is 0. The first-order valence-corrected chi connectivity index (χ1v) is 6.25. The lowest BCUT2D eigenvalue weighted by atomic mass is 10.1. The van der Waals surface area contributed by atoms with Gasteiger partial charge < -0.3 is 0 Å². The second-order valence-electron chi connectivity index (χ2n) is 3.86. The minimum Gasteiger partial charge on any atom is -0.271 e. The summed E-state index contributed by atoms with van der Waals surface area (Å²) >= 11 is 1.45. The first-order valence-electron chi connectivity index (χ1n) is 5.37. The van der Waals surface area contributed by atoms with Crippen LogP contribution in [0.3, 0.4) is 0 Å². The molecule has 0 fully saturated rings. The zero-order valence-electron chi connectivity index (χ0n) is 9.69. The number of nitrogens with zero attached hydrogens (tertiary/aromatic N) is 2. The fraction of sp³-hybridized carbons (Fsp3) is 0.273. The highest BCUT2D eigenvalue weighted by Crippen LogP contribution is 2.29. The van der Waals surface area contributed by atoms with Crippen LogP contribution in [-0.2, 0) is 12.6 Å². The van der Waals surface area contributed by atoms with Crippen LogP contribution in [-0.4, -0.2) is 9.97 Å². The molecular weight excluding hydrogens is 277 g/mol. The van der Waals surface area contributed by atoms with Crippen LogP contribution < -0.4 is 11.3 Å². The number of aromatic nitrogens is 2. The van der Waals surface area contributed by atoms with Crippen molar-refractivity contribution >= 4 is 11.3 Å². The molecule has 0 radical (unpaired) electrons. The lowest BCUT2D eigenvalue weighted by Crippen LogP contribution is -2.30. The maximum absolute atomic E-state index is 12.4. The van der Waals surface area contributed by atoms with Crippen LogP contribution in [0.15, 0.2) is 30.0 Å². The lowest BCUT2D eigenvalue weighted by molar-refractivity contribution is -0.137. The number of pyridine rings is 1. The van der Waals surface area contributed by atoms with Crippen molar-refractivity contribution in [2.75, 3.05) is 0 Å². The third-order valence-electron chi connectivity index (χ3n) is 2.56. The molecule has 0 aromatic carbocycles. The van der Waals surface area contributed by atoms with Crippen molar-refractivity contribution in [3.05, 3.63) is 46.2 Å². The zero-order valence-corrected chi connectivity index (χ0v) is 10.5. The molecule has 0 bridgehead atoms. The Morgan fingerprint density at radius 1 is 1.32 bits per heavy atom. The quantitative estimate of drug-likeness (QED) is 0.669.